The Morgan fingerprint density at radius 2 is 2.05 bits per heavy atom. The van der Waals surface area contributed by atoms with E-state index in [2.05, 4.69) is 4.98 Å². The van der Waals surface area contributed by atoms with E-state index in [-0.39, 0.29) is 17.5 Å². The zero-order valence-electron chi connectivity index (χ0n) is 10.3. The lowest BCUT2D eigenvalue weighted by Gasteiger charge is -2.07. The van der Waals surface area contributed by atoms with E-state index in [1.807, 2.05) is 6.92 Å². The average molecular weight is 259 g/mol. The third kappa shape index (κ3) is 3.05. The lowest BCUT2D eigenvalue weighted by atomic mass is 10.2. The van der Waals surface area contributed by atoms with Gasteiger partial charge in [-0.15, -0.1) is 0 Å². The van der Waals surface area contributed by atoms with Crippen LogP contribution < -0.4 is 10.5 Å². The largest absolute Gasteiger partial charge is 0.432 e. The number of hydrogen-bond acceptors (Lipinski definition) is 5. The van der Waals surface area contributed by atoms with Crippen LogP contribution in [0, 0.1) is 10.1 Å². The van der Waals surface area contributed by atoms with Gasteiger partial charge in [-0.25, -0.2) is 4.98 Å². The third-order valence-electron chi connectivity index (χ3n) is 2.56. The summed E-state index contributed by atoms with van der Waals surface area (Å²) in [5, 5.41) is 10.8. The van der Waals surface area contributed by atoms with Gasteiger partial charge < -0.3 is 10.5 Å². The van der Waals surface area contributed by atoms with E-state index in [0.717, 1.165) is 5.56 Å². The Bertz CT molecular complexity index is 582. The van der Waals surface area contributed by atoms with Crippen molar-refractivity contribution in [3.05, 3.63) is 58.3 Å². The molecular weight excluding hydrogens is 246 g/mol. The number of para-hydroxylation sites is 2. The lowest BCUT2D eigenvalue weighted by Crippen LogP contribution is -2.05. The van der Waals surface area contributed by atoms with Gasteiger partial charge in [0.2, 0.25) is 11.6 Å². The van der Waals surface area contributed by atoms with Crippen molar-refractivity contribution in [2.24, 2.45) is 5.73 Å². The van der Waals surface area contributed by atoms with Gasteiger partial charge in [0.15, 0.2) is 0 Å². The summed E-state index contributed by atoms with van der Waals surface area (Å²) >= 11 is 0. The summed E-state index contributed by atoms with van der Waals surface area (Å²) in [7, 11) is 0. The number of hydrogen-bond donors (Lipinski definition) is 1. The highest BCUT2D eigenvalue weighted by atomic mass is 16.6. The second kappa shape index (κ2) is 5.45. The topological polar surface area (TPSA) is 91.3 Å². The number of nitro groups is 1. The van der Waals surface area contributed by atoms with E-state index in [4.69, 9.17) is 10.5 Å². The minimum absolute atomic E-state index is 0.0967. The van der Waals surface area contributed by atoms with Crippen LogP contribution in [-0.2, 0) is 0 Å². The minimum Gasteiger partial charge on any atom is -0.432 e. The van der Waals surface area contributed by atoms with Gasteiger partial charge in [0, 0.05) is 24.4 Å². The van der Waals surface area contributed by atoms with E-state index in [1.54, 1.807) is 30.5 Å². The molecule has 0 bridgehead atoms. The van der Waals surface area contributed by atoms with Crippen LogP contribution in [0.15, 0.2) is 42.6 Å². The maximum Gasteiger partial charge on any atom is 0.311 e. The predicted octanol–water partition coefficient (Wildman–Crippen LogP) is 2.80. The van der Waals surface area contributed by atoms with Gasteiger partial charge in [0.05, 0.1) is 4.92 Å². The molecule has 0 spiro atoms. The monoisotopic (exact) mass is 259 g/mol. The van der Waals surface area contributed by atoms with Crippen molar-refractivity contribution in [2.75, 3.05) is 0 Å². The fourth-order valence-electron chi connectivity index (χ4n) is 1.53. The Morgan fingerprint density at radius 1 is 1.32 bits per heavy atom. The fourth-order valence-corrected chi connectivity index (χ4v) is 1.53. The molecule has 19 heavy (non-hydrogen) atoms. The molecule has 0 unspecified atom stereocenters. The Balaban J connectivity index is 2.24. The summed E-state index contributed by atoms with van der Waals surface area (Å²) in [6.45, 7) is 1.85. The first-order chi connectivity index (χ1) is 9.08. The normalized spacial score (nSPS) is 11.9. The van der Waals surface area contributed by atoms with Crippen molar-refractivity contribution in [1.82, 2.24) is 4.98 Å². The van der Waals surface area contributed by atoms with Crippen molar-refractivity contribution in [3.63, 3.8) is 0 Å². The van der Waals surface area contributed by atoms with Crippen molar-refractivity contribution < 1.29 is 9.66 Å². The minimum atomic E-state index is -0.494. The Labute approximate surface area is 110 Å². The summed E-state index contributed by atoms with van der Waals surface area (Å²) in [6.07, 6.45) is 1.59. The summed E-state index contributed by atoms with van der Waals surface area (Å²) < 4.78 is 5.41. The van der Waals surface area contributed by atoms with Crippen molar-refractivity contribution in [2.45, 2.75) is 13.0 Å². The molecule has 98 valence electrons. The molecule has 1 aromatic carbocycles. The van der Waals surface area contributed by atoms with Crippen LogP contribution in [0.2, 0.25) is 0 Å². The van der Waals surface area contributed by atoms with Gasteiger partial charge in [0.1, 0.15) is 0 Å². The van der Waals surface area contributed by atoms with Crippen LogP contribution in [0.1, 0.15) is 18.5 Å². The first kappa shape index (κ1) is 13.0. The lowest BCUT2D eigenvalue weighted by molar-refractivity contribution is -0.385. The Hall–Kier alpha value is -2.47. The summed E-state index contributed by atoms with van der Waals surface area (Å²) in [4.78, 5) is 14.4. The second-order valence-corrected chi connectivity index (χ2v) is 4.05. The molecule has 0 radical (unpaired) electrons. The van der Waals surface area contributed by atoms with Gasteiger partial charge in [-0.2, -0.15) is 0 Å². The number of rotatable bonds is 4. The maximum atomic E-state index is 10.8. The van der Waals surface area contributed by atoms with E-state index in [0.29, 0.717) is 5.88 Å². The summed E-state index contributed by atoms with van der Waals surface area (Å²) in [5.74, 6) is 0.451. The van der Waals surface area contributed by atoms with Gasteiger partial charge in [-0.3, -0.25) is 10.1 Å². The highest BCUT2D eigenvalue weighted by Crippen LogP contribution is 2.29. The maximum absolute atomic E-state index is 10.8. The van der Waals surface area contributed by atoms with Gasteiger partial charge >= 0.3 is 5.69 Å². The molecule has 0 amide bonds. The molecule has 6 heteroatoms. The molecule has 0 aliphatic carbocycles. The van der Waals surface area contributed by atoms with Crippen molar-refractivity contribution in [1.29, 1.82) is 0 Å². The van der Waals surface area contributed by atoms with E-state index in [1.165, 1.54) is 12.1 Å². The molecule has 1 atom stereocenters. The summed E-state index contributed by atoms with van der Waals surface area (Å²) in [6, 6.07) is 9.45. The van der Waals surface area contributed by atoms with E-state index >= 15 is 0 Å². The second-order valence-electron chi connectivity index (χ2n) is 4.05. The van der Waals surface area contributed by atoms with E-state index < -0.39 is 4.92 Å². The van der Waals surface area contributed by atoms with Crippen LogP contribution >= 0.6 is 0 Å². The average Bonchev–Trinajstić information content (AvgIpc) is 2.39. The van der Waals surface area contributed by atoms with Crippen LogP contribution in [-0.4, -0.2) is 9.91 Å². The number of nitro benzene ring substituents is 1. The smallest absolute Gasteiger partial charge is 0.311 e. The molecule has 0 fully saturated rings. The molecule has 0 saturated carbocycles. The van der Waals surface area contributed by atoms with Gasteiger partial charge in [-0.05, 0) is 18.6 Å². The quantitative estimate of drug-likeness (QED) is 0.673. The number of nitrogens with zero attached hydrogens (tertiary/aromatic N) is 2. The van der Waals surface area contributed by atoms with Crippen LogP contribution in [0.5, 0.6) is 11.6 Å². The molecule has 2 aromatic rings. The highest BCUT2D eigenvalue weighted by molar-refractivity contribution is 5.47. The fraction of sp³-hybridized carbons (Fsp3) is 0.154. The van der Waals surface area contributed by atoms with E-state index in [9.17, 15) is 10.1 Å². The standard InChI is InChI=1S/C13H13N3O3/c1-9(14)10-6-7-13(15-8-10)19-12-5-3-2-4-11(12)16(17)18/h2-9H,14H2,1H3/t9-/m1/s1. The molecule has 0 aliphatic heterocycles. The molecule has 2 rings (SSSR count). The molecule has 2 N–H and O–H groups in total. The molecular formula is C13H13N3O3. The first-order valence-corrected chi connectivity index (χ1v) is 5.70. The zero-order valence-corrected chi connectivity index (χ0v) is 10.3. The van der Waals surface area contributed by atoms with Crippen LogP contribution in [0.25, 0.3) is 0 Å². The number of benzene rings is 1. The summed E-state index contributed by atoms with van der Waals surface area (Å²) in [5.41, 5.74) is 6.48. The molecule has 6 nitrogen and oxygen atoms in total. The predicted molar refractivity (Wildman–Crippen MR) is 70.0 cm³/mol. The molecule has 1 heterocycles. The van der Waals surface area contributed by atoms with Gasteiger partial charge in [-0.1, -0.05) is 18.2 Å². The number of aromatic nitrogens is 1. The highest BCUT2D eigenvalue weighted by Gasteiger charge is 2.14. The Morgan fingerprint density at radius 3 is 2.63 bits per heavy atom. The number of ether oxygens (including phenoxy) is 1. The van der Waals surface area contributed by atoms with Crippen LogP contribution in [0.4, 0.5) is 5.69 Å². The Kier molecular flexibility index (Phi) is 3.72. The SMILES string of the molecule is C[C@@H](N)c1ccc(Oc2ccccc2[N+](=O)[O-])nc1. The zero-order chi connectivity index (χ0) is 13.8. The molecule has 0 saturated heterocycles. The number of pyridine rings is 1. The van der Waals surface area contributed by atoms with Gasteiger partial charge in [0.25, 0.3) is 0 Å². The number of nitrogens with two attached hydrogens (primary N) is 1. The van der Waals surface area contributed by atoms with Crippen molar-refractivity contribution >= 4 is 5.69 Å². The third-order valence-corrected chi connectivity index (χ3v) is 2.56. The molecule has 0 aliphatic rings. The van der Waals surface area contributed by atoms with Crippen LogP contribution in [0.3, 0.4) is 0 Å². The van der Waals surface area contributed by atoms with Crippen molar-refractivity contribution in [3.8, 4) is 11.6 Å². The first-order valence-electron chi connectivity index (χ1n) is 5.70. The molecule has 1 aromatic heterocycles.